The number of hydrogen-bond acceptors (Lipinski definition) is 10. The molecule has 0 aliphatic carbocycles. The first-order chi connectivity index (χ1) is 16.7. The molecule has 12 nitrogen and oxygen atoms in total. The van der Waals surface area contributed by atoms with E-state index in [2.05, 4.69) is 20.0 Å². The third-order valence-corrected chi connectivity index (χ3v) is 7.44. The van der Waals surface area contributed by atoms with E-state index in [0.717, 1.165) is 5.56 Å². The number of nitrogen functional groups attached to an aromatic ring is 1. The lowest BCUT2D eigenvalue weighted by Crippen LogP contribution is -2.43. The Labute approximate surface area is 203 Å². The molecule has 3 aromatic rings. The Balaban J connectivity index is 1.25. The van der Waals surface area contributed by atoms with E-state index in [0.29, 0.717) is 0 Å². The lowest BCUT2D eigenvalue weighted by molar-refractivity contribution is -0.146. The Morgan fingerprint density at radius 2 is 2.17 bits per heavy atom. The van der Waals surface area contributed by atoms with Crippen molar-refractivity contribution in [3.05, 3.63) is 47.5 Å². The van der Waals surface area contributed by atoms with Gasteiger partial charge in [0.2, 0.25) is 5.28 Å². The molecule has 0 amide bonds. The molecule has 0 bridgehead atoms. The van der Waals surface area contributed by atoms with E-state index in [1.54, 1.807) is 12.1 Å². The number of carbonyl (C=O) groups is 1. The maximum Gasteiger partial charge on any atom is 0.406 e. The van der Waals surface area contributed by atoms with E-state index in [4.69, 9.17) is 35.9 Å². The molecule has 2 aromatic heterocycles. The number of anilines is 1. The van der Waals surface area contributed by atoms with Gasteiger partial charge in [-0.25, -0.2) is 19.0 Å². The molecule has 2 aliphatic heterocycles. The number of rotatable bonds is 6. The second-order valence-corrected chi connectivity index (χ2v) is 10.1. The average molecular weight is 527 g/mol. The van der Waals surface area contributed by atoms with Crippen LogP contribution >= 0.6 is 19.3 Å². The highest BCUT2D eigenvalue weighted by molar-refractivity contribution is 7.51. The summed E-state index contributed by atoms with van der Waals surface area (Å²) < 4.78 is 51.7. The number of nitrogens with one attached hydrogen (secondary N) is 1. The summed E-state index contributed by atoms with van der Waals surface area (Å²) in [5, 5.41) is 2.36. The molecule has 35 heavy (non-hydrogen) atoms. The van der Waals surface area contributed by atoms with Gasteiger partial charge in [-0.2, -0.15) is 9.97 Å². The fourth-order valence-electron chi connectivity index (χ4n) is 3.85. The lowest BCUT2D eigenvalue weighted by atomic mass is 10.1. The van der Waals surface area contributed by atoms with Crippen LogP contribution in [0.1, 0.15) is 18.7 Å². The number of nitrogens with zero attached hydrogens (tertiary/aromatic N) is 4. The Morgan fingerprint density at radius 1 is 1.40 bits per heavy atom. The Bertz CT molecular complexity index is 1300. The second-order valence-electron chi connectivity index (χ2n) is 8.02. The summed E-state index contributed by atoms with van der Waals surface area (Å²) in [5.74, 6) is -0.638. The third-order valence-electron chi connectivity index (χ3n) is 5.56. The number of imidazole rings is 1. The number of aromatic nitrogens is 4. The maximum absolute atomic E-state index is 15.5. The van der Waals surface area contributed by atoms with Crippen molar-refractivity contribution in [1.82, 2.24) is 24.6 Å². The summed E-state index contributed by atoms with van der Waals surface area (Å²) in [6, 6.07) is 8.03. The molecular weight excluding hydrogens is 506 g/mol. The van der Waals surface area contributed by atoms with Crippen LogP contribution in [-0.4, -0.2) is 56.5 Å². The van der Waals surface area contributed by atoms with Crippen LogP contribution in [0.2, 0.25) is 5.28 Å². The van der Waals surface area contributed by atoms with Gasteiger partial charge in [0.05, 0.1) is 12.9 Å². The van der Waals surface area contributed by atoms with Crippen LogP contribution in [0.15, 0.2) is 36.7 Å². The summed E-state index contributed by atoms with van der Waals surface area (Å²) in [7, 11) is -4.06. The summed E-state index contributed by atoms with van der Waals surface area (Å²) >= 11 is 5.88. The van der Waals surface area contributed by atoms with Crippen LogP contribution in [0.3, 0.4) is 0 Å². The van der Waals surface area contributed by atoms with E-state index in [1.165, 1.54) is 17.8 Å². The summed E-state index contributed by atoms with van der Waals surface area (Å²) in [4.78, 5) is 24.3. The van der Waals surface area contributed by atoms with Crippen LogP contribution in [0.4, 0.5) is 10.2 Å². The molecule has 2 aliphatic rings. The van der Waals surface area contributed by atoms with Gasteiger partial charge in [-0.15, -0.1) is 0 Å². The predicted molar refractivity (Wildman–Crippen MR) is 121 cm³/mol. The third kappa shape index (κ3) is 4.75. The zero-order chi connectivity index (χ0) is 24.7. The van der Waals surface area contributed by atoms with E-state index in [1.807, 2.05) is 18.2 Å². The minimum atomic E-state index is -4.06. The molecule has 2 saturated heterocycles. The predicted octanol–water partition coefficient (Wildman–Crippen LogP) is 2.54. The number of hydrogen-bond donors (Lipinski definition) is 2. The van der Waals surface area contributed by atoms with Gasteiger partial charge in [0.1, 0.15) is 30.4 Å². The maximum atomic E-state index is 15.5. The average Bonchev–Trinajstić information content (AvgIpc) is 3.38. The van der Waals surface area contributed by atoms with Gasteiger partial charge in [0, 0.05) is 0 Å². The first kappa shape index (κ1) is 24.0. The van der Waals surface area contributed by atoms with E-state index in [-0.39, 0.29) is 35.5 Å². The van der Waals surface area contributed by atoms with Crippen molar-refractivity contribution in [3.8, 4) is 0 Å². The number of alkyl halides is 1. The van der Waals surface area contributed by atoms with Crippen molar-refractivity contribution in [1.29, 1.82) is 0 Å². The van der Waals surface area contributed by atoms with Crippen molar-refractivity contribution in [3.63, 3.8) is 0 Å². The normalized spacial score (nSPS) is 29.1. The van der Waals surface area contributed by atoms with E-state index in [9.17, 15) is 9.36 Å². The molecule has 4 heterocycles. The molecule has 15 heteroatoms. The fourth-order valence-corrected chi connectivity index (χ4v) is 5.71. The van der Waals surface area contributed by atoms with Gasteiger partial charge in [0.15, 0.2) is 23.9 Å². The zero-order valence-corrected chi connectivity index (χ0v) is 19.9. The number of fused-ring (bicyclic) bond motifs is 2. The minimum absolute atomic E-state index is 0.0333. The fraction of sp³-hybridized carbons (Fsp3) is 0.400. The van der Waals surface area contributed by atoms with E-state index >= 15 is 4.39 Å². The number of benzene rings is 1. The van der Waals surface area contributed by atoms with Gasteiger partial charge in [0.25, 0.3) is 0 Å². The van der Waals surface area contributed by atoms with Crippen LogP contribution in [0.5, 0.6) is 0 Å². The summed E-state index contributed by atoms with van der Waals surface area (Å²) in [6.45, 7) is 1.25. The van der Waals surface area contributed by atoms with Crippen LogP contribution in [0, 0.1) is 0 Å². The SMILES string of the molecule is C[C@H](NP1(=O)OC[C@H]2O[C@@H](n3cnc4c(N)nc(Cl)nc43)[C@@H](F)[C@@H]2O1)C(=O)OCc1ccccc1. The Hall–Kier alpha value is -2.67. The number of ether oxygens (including phenoxy) is 2. The number of nitrogens with two attached hydrogens (primary N) is 1. The van der Waals surface area contributed by atoms with Gasteiger partial charge in [-0.05, 0) is 24.1 Å². The quantitative estimate of drug-likeness (QED) is 0.277. The molecule has 1 aromatic carbocycles. The number of halogens is 2. The molecule has 186 valence electrons. The molecule has 0 spiro atoms. The van der Waals surface area contributed by atoms with Crippen molar-refractivity contribution in [2.24, 2.45) is 0 Å². The highest BCUT2D eigenvalue weighted by Gasteiger charge is 2.54. The summed E-state index contributed by atoms with van der Waals surface area (Å²) in [5.41, 5.74) is 7.00. The largest absolute Gasteiger partial charge is 0.460 e. The smallest absolute Gasteiger partial charge is 0.406 e. The molecule has 5 rings (SSSR count). The van der Waals surface area contributed by atoms with Crippen LogP contribution in [0.25, 0.3) is 11.2 Å². The Kier molecular flexibility index (Phi) is 6.47. The molecular formula is C20H21ClFN6O6P. The van der Waals surface area contributed by atoms with Gasteiger partial charge in [-0.1, -0.05) is 30.3 Å². The monoisotopic (exact) mass is 526 g/mol. The van der Waals surface area contributed by atoms with Crippen molar-refractivity contribution in [2.75, 3.05) is 12.3 Å². The minimum Gasteiger partial charge on any atom is -0.460 e. The molecule has 3 N–H and O–H groups in total. The number of carbonyl (C=O) groups excluding carboxylic acids is 1. The molecule has 0 radical (unpaired) electrons. The lowest BCUT2D eigenvalue weighted by Gasteiger charge is -2.32. The molecule has 1 unspecified atom stereocenters. The van der Waals surface area contributed by atoms with Crippen molar-refractivity contribution >= 4 is 42.3 Å². The van der Waals surface area contributed by atoms with Crippen molar-refractivity contribution in [2.45, 2.75) is 44.2 Å². The Morgan fingerprint density at radius 3 is 2.94 bits per heavy atom. The highest BCUT2D eigenvalue weighted by atomic mass is 35.5. The molecule has 0 saturated carbocycles. The van der Waals surface area contributed by atoms with E-state index < -0.39 is 44.4 Å². The standard InChI is InChI=1S/C20H21ClFN6O6P/c1-10(19(29)31-7-11-5-3-2-4-6-11)27-35(30)32-8-12-15(34-35)13(22)18(33-12)28-9-24-14-16(23)25-20(21)26-17(14)28/h2-6,9-10,12-13,15,18H,7-8H2,1H3,(H,27,30)(H2,23,25,26)/t10-,12+,13-,15+,18+,35?/m0/s1. The highest BCUT2D eigenvalue weighted by Crippen LogP contribution is 2.54. The van der Waals surface area contributed by atoms with Gasteiger partial charge >= 0.3 is 13.7 Å². The van der Waals surface area contributed by atoms with Crippen LogP contribution in [-0.2, 0) is 34.5 Å². The van der Waals surface area contributed by atoms with Gasteiger partial charge < -0.3 is 15.2 Å². The topological polar surface area (TPSA) is 153 Å². The first-order valence-electron chi connectivity index (χ1n) is 10.6. The summed E-state index contributed by atoms with van der Waals surface area (Å²) in [6.07, 6.45) is -3.81. The van der Waals surface area contributed by atoms with Crippen molar-refractivity contribution < 1.29 is 32.3 Å². The molecule has 2 fully saturated rings. The molecule has 6 atom stereocenters. The zero-order valence-electron chi connectivity index (χ0n) is 18.3. The second kappa shape index (κ2) is 9.41. The van der Waals surface area contributed by atoms with Gasteiger partial charge in [-0.3, -0.25) is 18.4 Å². The first-order valence-corrected chi connectivity index (χ1v) is 12.5. The number of esters is 1. The van der Waals surface area contributed by atoms with Crippen LogP contribution < -0.4 is 10.8 Å².